The molecule has 0 bridgehead atoms. The first-order chi connectivity index (χ1) is 15.7. The molecular weight excluding hydrogens is 402 g/mol. The molecule has 3 heterocycles. The molecular formula is C30H28N3+. The van der Waals surface area contributed by atoms with Crippen molar-refractivity contribution in [2.24, 2.45) is 7.05 Å². The van der Waals surface area contributed by atoms with E-state index in [1.165, 1.54) is 71.3 Å². The number of benzene rings is 3. The lowest BCUT2D eigenvalue weighted by Crippen LogP contribution is -2.29. The first-order valence-corrected chi connectivity index (χ1v) is 11.6. The second-order valence-electron chi connectivity index (χ2n) is 10.2. The van der Waals surface area contributed by atoms with E-state index in [-0.39, 0.29) is 0 Å². The number of rotatable bonds is 1. The predicted molar refractivity (Wildman–Crippen MR) is 137 cm³/mol. The minimum atomic E-state index is -0.601. The molecule has 6 rings (SSSR count). The molecule has 0 aliphatic heterocycles. The lowest BCUT2D eigenvalue weighted by atomic mass is 9.81. The summed E-state index contributed by atoms with van der Waals surface area (Å²) in [6, 6.07) is 15.7. The monoisotopic (exact) mass is 430 g/mol. The molecule has 3 heteroatoms. The number of hydrogen-bond acceptors (Lipinski definition) is 1. The molecule has 3 aromatic carbocycles. The van der Waals surface area contributed by atoms with E-state index in [1.807, 2.05) is 13.8 Å². The van der Waals surface area contributed by atoms with Gasteiger partial charge in [0.2, 0.25) is 5.52 Å². The van der Waals surface area contributed by atoms with Crippen LogP contribution in [0.1, 0.15) is 41.7 Å². The van der Waals surface area contributed by atoms with Crippen LogP contribution in [0.2, 0.25) is 0 Å². The lowest BCUT2D eigenvalue weighted by molar-refractivity contribution is -0.643. The number of pyridine rings is 2. The summed E-state index contributed by atoms with van der Waals surface area (Å²) in [7, 11) is 2.15. The summed E-state index contributed by atoms with van der Waals surface area (Å²) >= 11 is 0. The number of fused-ring (bicyclic) bond motifs is 6. The maximum atomic E-state index is 10.1. The van der Waals surface area contributed by atoms with Crippen molar-refractivity contribution in [2.75, 3.05) is 0 Å². The van der Waals surface area contributed by atoms with E-state index in [2.05, 4.69) is 92.4 Å². The molecule has 3 aromatic heterocycles. The van der Waals surface area contributed by atoms with Gasteiger partial charge in [-0.1, -0.05) is 18.2 Å². The van der Waals surface area contributed by atoms with Crippen molar-refractivity contribution in [3.63, 3.8) is 0 Å². The van der Waals surface area contributed by atoms with Crippen molar-refractivity contribution in [1.82, 2.24) is 4.40 Å². The summed E-state index contributed by atoms with van der Waals surface area (Å²) in [4.78, 5) is 0. The highest BCUT2D eigenvalue weighted by Gasteiger charge is 2.31. The van der Waals surface area contributed by atoms with Gasteiger partial charge in [-0.3, -0.25) is 0 Å². The van der Waals surface area contributed by atoms with Gasteiger partial charge in [-0.15, -0.1) is 0 Å². The normalized spacial score (nSPS) is 12.7. The van der Waals surface area contributed by atoms with Gasteiger partial charge in [0.05, 0.1) is 38.8 Å². The molecule has 0 fully saturated rings. The number of aryl methyl sites for hydroxylation is 3. The lowest BCUT2D eigenvalue weighted by Gasteiger charge is -2.21. The van der Waals surface area contributed by atoms with Crippen LogP contribution in [-0.2, 0) is 12.5 Å². The summed E-state index contributed by atoms with van der Waals surface area (Å²) < 4.78 is 4.76. The second kappa shape index (κ2) is 6.23. The molecule has 0 radical (unpaired) electrons. The van der Waals surface area contributed by atoms with Crippen LogP contribution in [0.5, 0.6) is 0 Å². The molecule has 3 nitrogen and oxygen atoms in total. The summed E-state index contributed by atoms with van der Waals surface area (Å²) in [5.41, 5.74) is 10.9. The Balaban J connectivity index is 2.14. The van der Waals surface area contributed by atoms with Crippen LogP contribution in [0.4, 0.5) is 0 Å². The van der Waals surface area contributed by atoms with Crippen LogP contribution >= 0.6 is 0 Å². The average molecular weight is 431 g/mol. The van der Waals surface area contributed by atoms with Crippen LogP contribution < -0.4 is 4.57 Å². The number of aromatic nitrogens is 2. The molecule has 0 spiro atoms. The van der Waals surface area contributed by atoms with Crippen LogP contribution in [0.3, 0.4) is 0 Å². The molecule has 6 aromatic rings. The van der Waals surface area contributed by atoms with E-state index in [0.717, 1.165) is 5.56 Å². The zero-order valence-corrected chi connectivity index (χ0v) is 20.4. The first-order valence-electron chi connectivity index (χ1n) is 11.6. The molecule has 0 amide bonds. The minimum Gasteiger partial charge on any atom is -0.307 e. The van der Waals surface area contributed by atoms with Gasteiger partial charge < -0.3 is 4.40 Å². The number of hydrogen-bond donors (Lipinski definition) is 0. The molecule has 0 aliphatic rings. The third-order valence-electron chi connectivity index (χ3n) is 8.10. The molecule has 0 N–H and O–H groups in total. The number of para-hydroxylation sites is 1. The standard InChI is InChI=1S/C30H28N3/c1-16-17(2)19(4)27-24(18(16)3)28-25-20(12-13-32(28)7)14-22(30(5,6)15-31)26-21-10-8-9-11-23(21)33(27)29(25)26/h8-14H,1-7H3/q+1. The van der Waals surface area contributed by atoms with Gasteiger partial charge >= 0.3 is 0 Å². The summed E-state index contributed by atoms with van der Waals surface area (Å²) in [6.07, 6.45) is 2.17. The SMILES string of the molecule is Cc1c(C)c(C)c2c(c1C)c1c3c(cc[n+]1C)cc(C(C)(C)C#N)c1c4ccccc4n2c13. The largest absolute Gasteiger partial charge is 0.307 e. The Kier molecular flexibility index (Phi) is 3.78. The van der Waals surface area contributed by atoms with E-state index in [9.17, 15) is 5.26 Å². The Morgan fingerprint density at radius 3 is 2.27 bits per heavy atom. The van der Waals surface area contributed by atoms with Crippen LogP contribution in [0, 0.1) is 39.0 Å². The van der Waals surface area contributed by atoms with Crippen LogP contribution in [-0.4, -0.2) is 4.40 Å². The summed E-state index contributed by atoms with van der Waals surface area (Å²) in [6.45, 7) is 13.1. The van der Waals surface area contributed by atoms with Gasteiger partial charge in [-0.25, -0.2) is 4.57 Å². The van der Waals surface area contributed by atoms with Crippen molar-refractivity contribution in [3.05, 3.63) is 70.4 Å². The highest BCUT2D eigenvalue weighted by atomic mass is 15.0. The van der Waals surface area contributed by atoms with Crippen molar-refractivity contribution < 1.29 is 4.57 Å². The van der Waals surface area contributed by atoms with E-state index in [1.54, 1.807) is 0 Å². The van der Waals surface area contributed by atoms with Gasteiger partial charge in [-0.2, -0.15) is 5.26 Å². The Morgan fingerprint density at radius 2 is 1.55 bits per heavy atom. The smallest absolute Gasteiger partial charge is 0.224 e. The topological polar surface area (TPSA) is 32.1 Å². The predicted octanol–water partition coefficient (Wildman–Crippen LogP) is 6.85. The van der Waals surface area contributed by atoms with Crippen LogP contribution in [0.25, 0.3) is 49.0 Å². The van der Waals surface area contributed by atoms with E-state index in [4.69, 9.17) is 0 Å². The van der Waals surface area contributed by atoms with Gasteiger partial charge in [0, 0.05) is 16.8 Å². The maximum Gasteiger partial charge on any atom is 0.224 e. The molecule has 0 saturated heterocycles. The quantitative estimate of drug-likeness (QED) is 0.159. The van der Waals surface area contributed by atoms with Crippen molar-refractivity contribution in [3.8, 4) is 6.07 Å². The molecule has 0 saturated carbocycles. The van der Waals surface area contributed by atoms with Gasteiger partial charge in [0.15, 0.2) is 6.20 Å². The number of nitrogens with zero attached hydrogens (tertiary/aromatic N) is 3. The highest BCUT2D eigenvalue weighted by Crippen LogP contribution is 2.46. The number of nitriles is 1. The molecule has 162 valence electrons. The molecule has 0 unspecified atom stereocenters. The Bertz CT molecular complexity index is 1840. The zero-order valence-electron chi connectivity index (χ0n) is 20.4. The van der Waals surface area contributed by atoms with Crippen LogP contribution in [0.15, 0.2) is 42.6 Å². The van der Waals surface area contributed by atoms with E-state index in [0.29, 0.717) is 0 Å². The fraction of sp³-hybridized carbons (Fsp3) is 0.267. The van der Waals surface area contributed by atoms with Gasteiger partial charge in [-0.05, 0) is 86.9 Å². The zero-order chi connectivity index (χ0) is 23.4. The highest BCUT2D eigenvalue weighted by molar-refractivity contribution is 6.28. The van der Waals surface area contributed by atoms with E-state index < -0.39 is 5.41 Å². The Hall–Kier alpha value is -3.64. The van der Waals surface area contributed by atoms with E-state index >= 15 is 0 Å². The first kappa shape index (κ1) is 20.0. The fourth-order valence-electron chi connectivity index (χ4n) is 5.96. The Labute approximate surface area is 193 Å². The molecule has 0 aliphatic carbocycles. The maximum absolute atomic E-state index is 10.1. The average Bonchev–Trinajstić information content (AvgIpc) is 3.16. The van der Waals surface area contributed by atoms with Crippen molar-refractivity contribution in [1.29, 1.82) is 5.26 Å². The van der Waals surface area contributed by atoms with Gasteiger partial charge in [0.25, 0.3) is 0 Å². The second-order valence-corrected chi connectivity index (χ2v) is 10.2. The Morgan fingerprint density at radius 1 is 0.848 bits per heavy atom. The van der Waals surface area contributed by atoms with Gasteiger partial charge in [0.1, 0.15) is 7.05 Å². The van der Waals surface area contributed by atoms with Crippen molar-refractivity contribution >= 4 is 49.0 Å². The minimum absolute atomic E-state index is 0.601. The molecule has 33 heavy (non-hydrogen) atoms. The summed E-state index contributed by atoms with van der Waals surface area (Å²) in [5.74, 6) is 0. The van der Waals surface area contributed by atoms with Crippen molar-refractivity contribution in [2.45, 2.75) is 47.0 Å². The molecule has 0 atom stereocenters. The summed E-state index contributed by atoms with van der Waals surface area (Å²) in [5, 5.41) is 16.3. The third kappa shape index (κ3) is 2.26. The fourth-order valence-corrected chi connectivity index (χ4v) is 5.96. The third-order valence-corrected chi connectivity index (χ3v) is 8.10.